The van der Waals surface area contributed by atoms with E-state index in [-0.39, 0.29) is 6.04 Å². The highest BCUT2D eigenvalue weighted by molar-refractivity contribution is 5.71. The van der Waals surface area contributed by atoms with Crippen molar-refractivity contribution in [2.45, 2.75) is 13.0 Å². The van der Waals surface area contributed by atoms with Gasteiger partial charge in [-0.05, 0) is 19.1 Å². The summed E-state index contributed by atoms with van der Waals surface area (Å²) in [5, 5.41) is 4.20. The summed E-state index contributed by atoms with van der Waals surface area (Å²) in [7, 11) is 0. The number of aryl methyl sites for hydroxylation is 1. The summed E-state index contributed by atoms with van der Waals surface area (Å²) in [5.41, 5.74) is 8.65. The van der Waals surface area contributed by atoms with Crippen LogP contribution in [0.25, 0.3) is 11.5 Å². The van der Waals surface area contributed by atoms with E-state index in [1.165, 1.54) is 0 Å². The van der Waals surface area contributed by atoms with Crippen LogP contribution in [0.4, 0.5) is 5.69 Å². The number of hydrogen-bond acceptors (Lipinski definition) is 6. The van der Waals surface area contributed by atoms with Gasteiger partial charge in [0, 0.05) is 38.4 Å². The Balaban J connectivity index is 1.65. The van der Waals surface area contributed by atoms with Gasteiger partial charge in [0.2, 0.25) is 0 Å². The number of nitrogens with two attached hydrogens (primary N) is 1. The van der Waals surface area contributed by atoms with Crippen molar-refractivity contribution in [3.8, 4) is 11.5 Å². The molecule has 0 radical (unpaired) electrons. The maximum absolute atomic E-state index is 6.02. The van der Waals surface area contributed by atoms with Crippen LogP contribution in [0.2, 0.25) is 0 Å². The SMILES string of the molecule is Cc1ccc(N)c(-c2nc(C3CN4CCN3CC4)no2)c1. The highest BCUT2D eigenvalue weighted by Gasteiger charge is 2.35. The number of rotatable bonds is 2. The van der Waals surface area contributed by atoms with E-state index < -0.39 is 0 Å². The summed E-state index contributed by atoms with van der Waals surface area (Å²) >= 11 is 0. The minimum absolute atomic E-state index is 0.246. The van der Waals surface area contributed by atoms with Crippen molar-refractivity contribution in [3.05, 3.63) is 29.6 Å². The third kappa shape index (κ3) is 2.20. The lowest BCUT2D eigenvalue weighted by molar-refractivity contribution is 0.00781. The van der Waals surface area contributed by atoms with Gasteiger partial charge in [-0.3, -0.25) is 9.80 Å². The Morgan fingerprint density at radius 2 is 2.05 bits per heavy atom. The summed E-state index contributed by atoms with van der Waals surface area (Å²) in [5.74, 6) is 1.29. The lowest BCUT2D eigenvalue weighted by atomic mass is 10.1. The highest BCUT2D eigenvalue weighted by Crippen LogP contribution is 2.30. The van der Waals surface area contributed by atoms with Gasteiger partial charge in [-0.25, -0.2) is 0 Å². The molecule has 5 rings (SSSR count). The van der Waals surface area contributed by atoms with Gasteiger partial charge in [0.25, 0.3) is 5.89 Å². The fourth-order valence-corrected chi connectivity index (χ4v) is 3.20. The predicted molar refractivity (Wildman–Crippen MR) is 79.6 cm³/mol. The second-order valence-corrected chi connectivity index (χ2v) is 5.90. The van der Waals surface area contributed by atoms with E-state index in [1.807, 2.05) is 25.1 Å². The molecule has 2 bridgehead atoms. The van der Waals surface area contributed by atoms with E-state index in [0.717, 1.165) is 49.7 Å². The predicted octanol–water partition coefficient (Wildman–Crippen LogP) is 1.30. The maximum Gasteiger partial charge on any atom is 0.260 e. The number of fused-ring (bicyclic) bond motifs is 3. The Morgan fingerprint density at radius 3 is 2.76 bits per heavy atom. The van der Waals surface area contributed by atoms with Crippen LogP contribution in [0.3, 0.4) is 0 Å². The maximum atomic E-state index is 6.02. The fraction of sp³-hybridized carbons (Fsp3) is 0.467. The minimum Gasteiger partial charge on any atom is -0.398 e. The minimum atomic E-state index is 0.246. The number of nitrogens with zero attached hydrogens (tertiary/aromatic N) is 4. The Morgan fingerprint density at radius 1 is 1.24 bits per heavy atom. The zero-order valence-corrected chi connectivity index (χ0v) is 12.1. The standard InChI is InChI=1S/C15H19N5O/c1-10-2-3-12(16)11(8-10)15-17-14(18-21-15)13-9-19-4-6-20(13)7-5-19/h2-3,8,13H,4-7,9,16H2,1H3. The van der Waals surface area contributed by atoms with Gasteiger partial charge in [0.15, 0.2) is 5.82 Å². The number of aromatic nitrogens is 2. The zero-order valence-electron chi connectivity index (χ0n) is 12.1. The number of hydrogen-bond donors (Lipinski definition) is 1. The van der Waals surface area contributed by atoms with E-state index in [0.29, 0.717) is 11.6 Å². The first-order chi connectivity index (χ1) is 10.2. The monoisotopic (exact) mass is 285 g/mol. The number of piperazine rings is 3. The fourth-order valence-electron chi connectivity index (χ4n) is 3.20. The molecular formula is C15H19N5O. The molecule has 1 atom stereocenters. The molecule has 1 unspecified atom stereocenters. The average Bonchev–Trinajstić information content (AvgIpc) is 3.00. The van der Waals surface area contributed by atoms with Crippen LogP contribution in [0.15, 0.2) is 22.7 Å². The van der Waals surface area contributed by atoms with Crippen LogP contribution in [0.1, 0.15) is 17.4 Å². The third-order valence-electron chi connectivity index (χ3n) is 4.46. The molecule has 4 heterocycles. The van der Waals surface area contributed by atoms with E-state index in [4.69, 9.17) is 10.3 Å². The lowest BCUT2D eigenvalue weighted by Gasteiger charge is -2.46. The quantitative estimate of drug-likeness (QED) is 0.839. The van der Waals surface area contributed by atoms with Gasteiger partial charge in [-0.2, -0.15) is 4.98 Å². The number of nitrogen functional groups attached to an aromatic ring is 1. The van der Waals surface area contributed by atoms with Crippen molar-refractivity contribution in [3.63, 3.8) is 0 Å². The summed E-state index contributed by atoms with van der Waals surface area (Å²) in [6.07, 6.45) is 0. The average molecular weight is 285 g/mol. The Kier molecular flexibility index (Phi) is 2.94. The topological polar surface area (TPSA) is 71.4 Å². The van der Waals surface area contributed by atoms with E-state index in [2.05, 4.69) is 19.9 Å². The van der Waals surface area contributed by atoms with Gasteiger partial charge in [0.1, 0.15) is 0 Å². The molecule has 0 aliphatic carbocycles. The Bertz CT molecular complexity index is 660. The molecule has 0 spiro atoms. The smallest absolute Gasteiger partial charge is 0.260 e. The van der Waals surface area contributed by atoms with Gasteiger partial charge >= 0.3 is 0 Å². The van der Waals surface area contributed by atoms with Crippen LogP contribution in [0.5, 0.6) is 0 Å². The number of anilines is 1. The van der Waals surface area contributed by atoms with Crippen LogP contribution in [-0.2, 0) is 0 Å². The molecule has 3 fully saturated rings. The zero-order chi connectivity index (χ0) is 14.4. The molecule has 110 valence electrons. The molecule has 6 heteroatoms. The molecule has 2 aromatic rings. The van der Waals surface area contributed by atoms with Gasteiger partial charge in [-0.1, -0.05) is 16.8 Å². The number of benzene rings is 1. The Labute approximate surface area is 123 Å². The molecule has 6 nitrogen and oxygen atoms in total. The van der Waals surface area contributed by atoms with Gasteiger partial charge < -0.3 is 10.3 Å². The molecule has 21 heavy (non-hydrogen) atoms. The van der Waals surface area contributed by atoms with E-state index >= 15 is 0 Å². The molecule has 3 aliphatic rings. The molecule has 2 N–H and O–H groups in total. The van der Waals surface area contributed by atoms with Crippen LogP contribution in [-0.4, -0.2) is 52.7 Å². The van der Waals surface area contributed by atoms with Gasteiger partial charge in [-0.15, -0.1) is 0 Å². The molecular weight excluding hydrogens is 266 g/mol. The second kappa shape index (κ2) is 4.82. The normalized spacial score (nSPS) is 28.0. The van der Waals surface area contributed by atoms with Crippen molar-refractivity contribution >= 4 is 5.69 Å². The van der Waals surface area contributed by atoms with Crippen molar-refractivity contribution in [1.29, 1.82) is 0 Å². The molecule has 0 saturated carbocycles. The molecule has 3 saturated heterocycles. The molecule has 3 aliphatic heterocycles. The van der Waals surface area contributed by atoms with Gasteiger partial charge in [0.05, 0.1) is 11.6 Å². The second-order valence-electron chi connectivity index (χ2n) is 5.90. The summed E-state index contributed by atoms with van der Waals surface area (Å²) in [6.45, 7) is 7.47. The van der Waals surface area contributed by atoms with Crippen molar-refractivity contribution in [2.75, 3.05) is 38.5 Å². The first-order valence-corrected chi connectivity index (χ1v) is 7.37. The van der Waals surface area contributed by atoms with E-state index in [1.54, 1.807) is 0 Å². The third-order valence-corrected chi connectivity index (χ3v) is 4.46. The molecule has 1 aromatic heterocycles. The van der Waals surface area contributed by atoms with Crippen LogP contribution in [0, 0.1) is 6.92 Å². The first-order valence-electron chi connectivity index (χ1n) is 7.37. The van der Waals surface area contributed by atoms with Crippen LogP contribution < -0.4 is 5.73 Å². The summed E-state index contributed by atoms with van der Waals surface area (Å²) < 4.78 is 5.46. The van der Waals surface area contributed by atoms with E-state index in [9.17, 15) is 0 Å². The van der Waals surface area contributed by atoms with Crippen molar-refractivity contribution < 1.29 is 4.52 Å². The molecule has 0 amide bonds. The summed E-state index contributed by atoms with van der Waals surface area (Å²) in [6, 6.07) is 6.10. The molecule has 1 aromatic carbocycles. The van der Waals surface area contributed by atoms with Crippen molar-refractivity contribution in [2.24, 2.45) is 0 Å². The lowest BCUT2D eigenvalue weighted by Crippen LogP contribution is -2.57. The van der Waals surface area contributed by atoms with Crippen LogP contribution >= 0.6 is 0 Å². The van der Waals surface area contributed by atoms with Crippen molar-refractivity contribution in [1.82, 2.24) is 19.9 Å². The first kappa shape index (κ1) is 12.8. The highest BCUT2D eigenvalue weighted by atomic mass is 16.5. The Hall–Kier alpha value is -1.92. The largest absolute Gasteiger partial charge is 0.398 e. The summed E-state index contributed by atoms with van der Waals surface area (Å²) in [4.78, 5) is 9.50.